The summed E-state index contributed by atoms with van der Waals surface area (Å²) in [6, 6.07) is 11.0. The number of nitrogens with one attached hydrogen (secondary N) is 1. The molecule has 1 unspecified atom stereocenters. The van der Waals surface area contributed by atoms with Crippen LogP contribution in [0, 0.1) is 0 Å². The minimum Gasteiger partial charge on any atom is -0.453 e. The number of anilines is 1. The lowest BCUT2D eigenvalue weighted by Crippen LogP contribution is -2.35. The van der Waals surface area contributed by atoms with Crippen LogP contribution in [0.3, 0.4) is 0 Å². The van der Waals surface area contributed by atoms with Crippen LogP contribution in [-0.2, 0) is 0 Å². The number of hydrogen-bond acceptors (Lipinski definition) is 4. The summed E-state index contributed by atoms with van der Waals surface area (Å²) in [7, 11) is 0. The predicted molar refractivity (Wildman–Crippen MR) is 165 cm³/mol. The fraction of sp³-hybridized carbons (Fsp3) is 0.559. The molecule has 0 aromatic heterocycles. The summed E-state index contributed by atoms with van der Waals surface area (Å²) in [4.78, 5) is 7.46. The van der Waals surface area contributed by atoms with E-state index in [0.717, 1.165) is 53.6 Å². The van der Waals surface area contributed by atoms with Gasteiger partial charge < -0.3 is 10.1 Å². The van der Waals surface area contributed by atoms with E-state index in [1.54, 1.807) is 0 Å². The standard InChI is InChI=1S/C34H49N3O/c1-4-7-8-9-10-11-12-13-14-15-16-19-24-35-31-26-33-34(29-21-18-17-20-28(29)31)36-30-23-22-27(25-32(30)38-33)37(5-2)6-3/h17-18,20-23,25-27,35H,4-16,19,24H2,1-3H3. The fourth-order valence-corrected chi connectivity index (χ4v) is 5.72. The van der Waals surface area contributed by atoms with Crippen molar-refractivity contribution >= 4 is 27.9 Å². The molecule has 2 aliphatic rings. The van der Waals surface area contributed by atoms with Gasteiger partial charge in [0.05, 0.1) is 6.04 Å². The first-order valence-corrected chi connectivity index (χ1v) is 15.5. The first kappa shape index (κ1) is 28.4. The van der Waals surface area contributed by atoms with Gasteiger partial charge in [0.25, 0.3) is 0 Å². The number of nitrogens with zero attached hydrogens (tertiary/aromatic N) is 2. The van der Waals surface area contributed by atoms with E-state index in [9.17, 15) is 0 Å². The summed E-state index contributed by atoms with van der Waals surface area (Å²) >= 11 is 0. The SMILES string of the molecule is CCCCCCCCCCCCCCNc1cc2c(c3ccccc13)N=C1C=CC(N(CC)CC)C=C1O2. The molecule has 0 spiro atoms. The molecule has 0 bridgehead atoms. The Labute approximate surface area is 231 Å². The average molecular weight is 516 g/mol. The topological polar surface area (TPSA) is 36.9 Å². The van der Waals surface area contributed by atoms with Crippen molar-refractivity contribution in [3.63, 3.8) is 0 Å². The third-order valence-electron chi connectivity index (χ3n) is 8.04. The molecule has 1 aliphatic carbocycles. The zero-order valence-corrected chi connectivity index (χ0v) is 24.1. The lowest BCUT2D eigenvalue weighted by molar-refractivity contribution is 0.283. The van der Waals surface area contributed by atoms with Gasteiger partial charge in [0, 0.05) is 29.1 Å². The van der Waals surface area contributed by atoms with Crippen LogP contribution >= 0.6 is 0 Å². The third kappa shape index (κ3) is 7.50. The summed E-state index contributed by atoms with van der Waals surface area (Å²) in [5.41, 5.74) is 3.01. The second-order valence-corrected chi connectivity index (χ2v) is 10.8. The molecule has 1 atom stereocenters. The first-order chi connectivity index (χ1) is 18.7. The van der Waals surface area contributed by atoms with E-state index in [4.69, 9.17) is 9.73 Å². The van der Waals surface area contributed by atoms with Crippen LogP contribution in [0.2, 0.25) is 0 Å². The Bertz CT molecular complexity index is 1110. The lowest BCUT2D eigenvalue weighted by Gasteiger charge is -2.29. The molecule has 0 saturated carbocycles. The van der Waals surface area contributed by atoms with E-state index in [2.05, 4.69) is 79.5 Å². The van der Waals surface area contributed by atoms with Gasteiger partial charge in [0.15, 0.2) is 11.5 Å². The zero-order valence-electron chi connectivity index (χ0n) is 24.1. The van der Waals surface area contributed by atoms with Gasteiger partial charge in [-0.05, 0) is 31.7 Å². The van der Waals surface area contributed by atoms with Crippen molar-refractivity contribution in [2.45, 2.75) is 104 Å². The van der Waals surface area contributed by atoms with Crippen LogP contribution < -0.4 is 10.1 Å². The van der Waals surface area contributed by atoms with E-state index < -0.39 is 0 Å². The van der Waals surface area contributed by atoms with Crippen molar-refractivity contribution in [1.29, 1.82) is 0 Å². The Balaban J connectivity index is 1.30. The van der Waals surface area contributed by atoms with Gasteiger partial charge in [0.2, 0.25) is 0 Å². The zero-order chi connectivity index (χ0) is 26.6. The fourth-order valence-electron chi connectivity index (χ4n) is 5.72. The van der Waals surface area contributed by atoms with E-state index in [0.29, 0.717) is 0 Å². The average Bonchev–Trinajstić information content (AvgIpc) is 2.95. The molecule has 0 saturated heterocycles. The second-order valence-electron chi connectivity index (χ2n) is 10.8. The number of allylic oxidation sites excluding steroid dienone is 1. The van der Waals surface area contributed by atoms with Crippen molar-refractivity contribution in [3.8, 4) is 5.75 Å². The number of unbranched alkanes of at least 4 members (excludes halogenated alkanes) is 11. The smallest absolute Gasteiger partial charge is 0.155 e. The highest BCUT2D eigenvalue weighted by molar-refractivity contribution is 6.14. The molecule has 0 amide bonds. The Morgan fingerprint density at radius 2 is 1.45 bits per heavy atom. The molecule has 2 aromatic rings. The molecule has 0 fully saturated rings. The molecular weight excluding hydrogens is 466 g/mol. The number of likely N-dealkylation sites (N-methyl/N-ethyl adjacent to an activating group) is 1. The quantitative estimate of drug-likeness (QED) is 0.213. The normalized spacial score (nSPS) is 16.2. The number of rotatable bonds is 17. The maximum absolute atomic E-state index is 6.49. The molecule has 0 radical (unpaired) electrons. The molecule has 4 rings (SSSR count). The molecule has 206 valence electrons. The maximum Gasteiger partial charge on any atom is 0.155 e. The molecule has 1 heterocycles. The first-order valence-electron chi connectivity index (χ1n) is 15.5. The highest BCUT2D eigenvalue weighted by atomic mass is 16.5. The van der Waals surface area contributed by atoms with E-state index in [1.807, 2.05) is 0 Å². The van der Waals surface area contributed by atoms with E-state index >= 15 is 0 Å². The molecule has 2 aromatic carbocycles. The van der Waals surface area contributed by atoms with Gasteiger partial charge in [-0.1, -0.05) is 122 Å². The van der Waals surface area contributed by atoms with Gasteiger partial charge in [-0.15, -0.1) is 0 Å². The molecule has 1 N–H and O–H groups in total. The van der Waals surface area contributed by atoms with Gasteiger partial charge in [0.1, 0.15) is 11.4 Å². The van der Waals surface area contributed by atoms with Crippen LogP contribution in [0.1, 0.15) is 97.8 Å². The van der Waals surface area contributed by atoms with Crippen molar-refractivity contribution in [1.82, 2.24) is 4.90 Å². The summed E-state index contributed by atoms with van der Waals surface area (Å²) in [5.74, 6) is 1.73. The summed E-state index contributed by atoms with van der Waals surface area (Å²) in [6.07, 6.45) is 23.1. The second kappa shape index (κ2) is 15.1. The third-order valence-corrected chi connectivity index (χ3v) is 8.04. The largest absolute Gasteiger partial charge is 0.453 e. The Hall–Kier alpha value is -2.59. The molecule has 4 heteroatoms. The Kier molecular flexibility index (Phi) is 11.3. The highest BCUT2D eigenvalue weighted by Crippen LogP contribution is 2.44. The molecule has 1 aliphatic heterocycles. The summed E-state index contributed by atoms with van der Waals surface area (Å²) in [5, 5.41) is 6.08. The van der Waals surface area contributed by atoms with Crippen LogP contribution in [0.15, 0.2) is 59.3 Å². The van der Waals surface area contributed by atoms with Gasteiger partial charge in [-0.3, -0.25) is 4.90 Å². The van der Waals surface area contributed by atoms with Crippen LogP contribution in [0.4, 0.5) is 11.4 Å². The van der Waals surface area contributed by atoms with Crippen molar-refractivity contribution in [2.24, 2.45) is 4.99 Å². The maximum atomic E-state index is 6.49. The van der Waals surface area contributed by atoms with E-state index in [1.165, 1.54) is 82.4 Å². The van der Waals surface area contributed by atoms with Crippen LogP contribution in [0.5, 0.6) is 5.75 Å². The molecule has 4 nitrogen and oxygen atoms in total. The lowest BCUT2D eigenvalue weighted by atomic mass is 10.0. The molecule has 38 heavy (non-hydrogen) atoms. The van der Waals surface area contributed by atoms with Crippen molar-refractivity contribution < 1.29 is 4.74 Å². The van der Waals surface area contributed by atoms with Crippen LogP contribution in [0.25, 0.3) is 10.8 Å². The van der Waals surface area contributed by atoms with Gasteiger partial charge in [-0.25, -0.2) is 4.99 Å². The summed E-state index contributed by atoms with van der Waals surface area (Å²) < 4.78 is 6.49. The minimum atomic E-state index is 0.254. The van der Waals surface area contributed by atoms with Gasteiger partial charge in [-0.2, -0.15) is 0 Å². The van der Waals surface area contributed by atoms with E-state index in [-0.39, 0.29) is 6.04 Å². The minimum absolute atomic E-state index is 0.254. The Morgan fingerprint density at radius 3 is 2.11 bits per heavy atom. The Morgan fingerprint density at radius 1 is 0.816 bits per heavy atom. The number of fused-ring (bicyclic) bond motifs is 4. The number of ether oxygens (including phenoxy) is 1. The number of aliphatic imine (C=N–C) groups is 1. The van der Waals surface area contributed by atoms with Crippen molar-refractivity contribution in [3.05, 3.63) is 54.3 Å². The van der Waals surface area contributed by atoms with Crippen LogP contribution in [-0.4, -0.2) is 36.3 Å². The summed E-state index contributed by atoms with van der Waals surface area (Å²) in [6.45, 7) is 9.71. The molecular formula is C34H49N3O. The monoisotopic (exact) mass is 515 g/mol. The van der Waals surface area contributed by atoms with Crippen molar-refractivity contribution in [2.75, 3.05) is 25.0 Å². The highest BCUT2D eigenvalue weighted by Gasteiger charge is 2.25. The van der Waals surface area contributed by atoms with Gasteiger partial charge >= 0.3 is 0 Å². The predicted octanol–water partition coefficient (Wildman–Crippen LogP) is 9.58. The number of benzene rings is 2. The number of hydrogen-bond donors (Lipinski definition) is 1.